The molecule has 1 atom stereocenters. The number of rotatable bonds is 3. The van der Waals surface area contributed by atoms with Gasteiger partial charge in [0.2, 0.25) is 15.9 Å². The third-order valence-corrected chi connectivity index (χ3v) is 5.59. The van der Waals surface area contributed by atoms with Crippen LogP contribution in [0.3, 0.4) is 0 Å². The van der Waals surface area contributed by atoms with Crippen molar-refractivity contribution in [3.8, 4) is 0 Å². The monoisotopic (exact) mass is 397 g/mol. The molecule has 2 rings (SSSR count). The molecule has 6 nitrogen and oxygen atoms in total. The van der Waals surface area contributed by atoms with Gasteiger partial charge in [-0.25, -0.2) is 8.42 Å². The van der Waals surface area contributed by atoms with Crippen LogP contribution in [0.5, 0.6) is 0 Å². The number of nitrogens with zero attached hydrogens (tertiary/aromatic N) is 1. The van der Waals surface area contributed by atoms with Crippen LogP contribution in [0.4, 0.5) is 5.69 Å². The van der Waals surface area contributed by atoms with Crippen molar-refractivity contribution in [2.75, 3.05) is 18.4 Å². The number of sulfonamides is 1. The first kappa shape index (κ1) is 18.4. The minimum atomic E-state index is -3.53. The Morgan fingerprint density at radius 2 is 2.14 bits per heavy atom. The van der Waals surface area contributed by atoms with E-state index >= 15 is 0 Å². The molecule has 1 fully saturated rings. The van der Waals surface area contributed by atoms with E-state index in [1.807, 2.05) is 0 Å². The maximum Gasteiger partial charge on any atom is 0.243 e. The molecular weight excluding hydrogens is 382 g/mol. The Hall–Kier alpha value is -0.670. The fraction of sp³-hybridized carbons (Fsp3) is 0.417. The third-order valence-electron chi connectivity index (χ3n) is 3.08. The lowest BCUT2D eigenvalue weighted by Crippen LogP contribution is -2.32. The van der Waals surface area contributed by atoms with E-state index in [9.17, 15) is 13.2 Å². The van der Waals surface area contributed by atoms with Gasteiger partial charge in [0.15, 0.2) is 0 Å². The van der Waals surface area contributed by atoms with E-state index in [1.54, 1.807) is 6.07 Å². The van der Waals surface area contributed by atoms with Crippen LogP contribution in [0.15, 0.2) is 27.6 Å². The lowest BCUT2D eigenvalue weighted by Gasteiger charge is -2.16. The third kappa shape index (κ3) is 4.17. The van der Waals surface area contributed by atoms with Crippen LogP contribution in [-0.4, -0.2) is 37.8 Å². The minimum absolute atomic E-state index is 0. The van der Waals surface area contributed by atoms with Gasteiger partial charge in [-0.05, 0) is 40.5 Å². The van der Waals surface area contributed by atoms with E-state index in [-0.39, 0.29) is 29.3 Å². The molecule has 1 aliphatic rings. The Labute approximate surface area is 138 Å². The minimum Gasteiger partial charge on any atom is -0.326 e. The van der Waals surface area contributed by atoms with Crippen molar-refractivity contribution in [2.45, 2.75) is 24.3 Å². The molecule has 1 aromatic rings. The van der Waals surface area contributed by atoms with E-state index in [0.29, 0.717) is 29.7 Å². The summed E-state index contributed by atoms with van der Waals surface area (Å²) >= 11 is 3.27. The molecule has 1 aromatic carbocycles. The van der Waals surface area contributed by atoms with Crippen LogP contribution in [0, 0.1) is 0 Å². The van der Waals surface area contributed by atoms with E-state index in [1.165, 1.54) is 23.4 Å². The topological polar surface area (TPSA) is 92.5 Å². The van der Waals surface area contributed by atoms with Crippen LogP contribution in [0.1, 0.15) is 13.3 Å². The Balaban J connectivity index is 0.00000220. The second-order valence-electron chi connectivity index (χ2n) is 4.73. The van der Waals surface area contributed by atoms with Gasteiger partial charge in [0.25, 0.3) is 0 Å². The summed E-state index contributed by atoms with van der Waals surface area (Å²) < 4.78 is 26.8. The highest BCUT2D eigenvalue weighted by Crippen LogP contribution is 2.28. The van der Waals surface area contributed by atoms with Crippen LogP contribution in [-0.2, 0) is 14.8 Å². The summed E-state index contributed by atoms with van der Waals surface area (Å²) in [6, 6.07) is 4.43. The predicted molar refractivity (Wildman–Crippen MR) is 87.0 cm³/mol. The lowest BCUT2D eigenvalue weighted by molar-refractivity contribution is -0.114. The Kier molecular flexibility index (Phi) is 6.18. The van der Waals surface area contributed by atoms with Crippen molar-refractivity contribution in [3.05, 3.63) is 22.7 Å². The van der Waals surface area contributed by atoms with E-state index in [0.717, 1.165) is 0 Å². The molecule has 1 aliphatic heterocycles. The molecule has 1 heterocycles. The molecule has 0 bridgehead atoms. The number of anilines is 1. The number of benzene rings is 1. The highest BCUT2D eigenvalue weighted by atomic mass is 79.9. The molecule has 1 saturated heterocycles. The van der Waals surface area contributed by atoms with Gasteiger partial charge in [0, 0.05) is 30.5 Å². The second kappa shape index (κ2) is 7.06. The predicted octanol–water partition coefficient (Wildman–Crippen LogP) is 1.55. The molecular formula is C12H17BrClN3O3S. The van der Waals surface area contributed by atoms with Gasteiger partial charge >= 0.3 is 0 Å². The molecule has 0 spiro atoms. The van der Waals surface area contributed by atoms with Gasteiger partial charge in [0.1, 0.15) is 0 Å². The molecule has 21 heavy (non-hydrogen) atoms. The SMILES string of the molecule is CC(=O)Nc1ccc(S(=O)(=O)N2CC[C@@H](N)C2)cc1Br.Cl. The van der Waals surface area contributed by atoms with E-state index < -0.39 is 10.0 Å². The molecule has 0 radical (unpaired) electrons. The van der Waals surface area contributed by atoms with Crippen LogP contribution in [0.25, 0.3) is 0 Å². The fourth-order valence-electron chi connectivity index (χ4n) is 2.07. The van der Waals surface area contributed by atoms with Gasteiger partial charge in [-0.1, -0.05) is 0 Å². The Morgan fingerprint density at radius 3 is 2.62 bits per heavy atom. The summed E-state index contributed by atoms with van der Waals surface area (Å²) in [4.78, 5) is 11.2. The molecule has 9 heteroatoms. The van der Waals surface area contributed by atoms with Crippen molar-refractivity contribution in [3.63, 3.8) is 0 Å². The Bertz CT molecular complexity index is 639. The fourth-order valence-corrected chi connectivity index (χ4v) is 4.24. The summed E-state index contributed by atoms with van der Waals surface area (Å²) in [6.45, 7) is 2.17. The highest BCUT2D eigenvalue weighted by Gasteiger charge is 2.31. The standard InChI is InChI=1S/C12H16BrN3O3S.ClH/c1-8(17)15-12-3-2-10(6-11(12)13)20(18,19)16-5-4-9(14)7-16;/h2-3,6,9H,4-5,7,14H2,1H3,(H,15,17);1H/t9-;/m1./s1. The lowest BCUT2D eigenvalue weighted by atomic mass is 10.3. The van der Waals surface area contributed by atoms with Crippen molar-refractivity contribution >= 4 is 50.0 Å². The largest absolute Gasteiger partial charge is 0.326 e. The molecule has 118 valence electrons. The van der Waals surface area contributed by atoms with Crippen LogP contribution in [0.2, 0.25) is 0 Å². The van der Waals surface area contributed by atoms with E-state index in [4.69, 9.17) is 5.73 Å². The van der Waals surface area contributed by atoms with Crippen molar-refractivity contribution < 1.29 is 13.2 Å². The van der Waals surface area contributed by atoms with Gasteiger partial charge in [-0.15, -0.1) is 12.4 Å². The summed E-state index contributed by atoms with van der Waals surface area (Å²) in [6.07, 6.45) is 0.671. The highest BCUT2D eigenvalue weighted by molar-refractivity contribution is 9.10. The van der Waals surface area contributed by atoms with Crippen molar-refractivity contribution in [1.29, 1.82) is 0 Å². The summed E-state index contributed by atoms with van der Waals surface area (Å²) in [7, 11) is -3.53. The average Bonchev–Trinajstić information content (AvgIpc) is 2.78. The smallest absolute Gasteiger partial charge is 0.243 e. The number of hydrogen-bond donors (Lipinski definition) is 2. The van der Waals surface area contributed by atoms with Gasteiger partial charge in [-0.2, -0.15) is 4.31 Å². The van der Waals surface area contributed by atoms with Crippen molar-refractivity contribution in [1.82, 2.24) is 4.31 Å². The molecule has 0 saturated carbocycles. The number of nitrogens with two attached hydrogens (primary N) is 1. The molecule has 0 aromatic heterocycles. The van der Waals surface area contributed by atoms with Gasteiger partial charge in [-0.3, -0.25) is 4.79 Å². The van der Waals surface area contributed by atoms with E-state index in [2.05, 4.69) is 21.2 Å². The van der Waals surface area contributed by atoms with Gasteiger partial charge in [0.05, 0.1) is 10.6 Å². The van der Waals surface area contributed by atoms with Crippen LogP contribution < -0.4 is 11.1 Å². The first-order valence-corrected chi connectivity index (χ1v) is 8.37. The number of carbonyl (C=O) groups is 1. The first-order chi connectivity index (χ1) is 9.30. The zero-order chi connectivity index (χ0) is 14.9. The Morgan fingerprint density at radius 1 is 1.48 bits per heavy atom. The molecule has 0 unspecified atom stereocenters. The molecule has 0 aliphatic carbocycles. The number of hydrogen-bond acceptors (Lipinski definition) is 4. The number of carbonyl (C=O) groups excluding carboxylic acids is 1. The summed E-state index contributed by atoms with van der Waals surface area (Å²) in [5.74, 6) is -0.216. The summed E-state index contributed by atoms with van der Waals surface area (Å²) in [5, 5.41) is 2.61. The van der Waals surface area contributed by atoms with Crippen molar-refractivity contribution in [2.24, 2.45) is 5.73 Å². The summed E-state index contributed by atoms with van der Waals surface area (Å²) in [5.41, 5.74) is 6.28. The average molecular weight is 399 g/mol. The molecule has 1 amide bonds. The first-order valence-electron chi connectivity index (χ1n) is 6.13. The number of nitrogens with one attached hydrogen (secondary N) is 1. The zero-order valence-corrected chi connectivity index (χ0v) is 14.6. The van der Waals surface area contributed by atoms with Crippen LogP contribution >= 0.6 is 28.3 Å². The second-order valence-corrected chi connectivity index (χ2v) is 7.53. The molecule has 3 N–H and O–H groups in total. The van der Waals surface area contributed by atoms with Gasteiger partial charge < -0.3 is 11.1 Å². The number of halogens is 2. The zero-order valence-electron chi connectivity index (χ0n) is 11.4. The number of amides is 1. The maximum absolute atomic E-state index is 12.4. The normalized spacial score (nSPS) is 19.1. The quantitative estimate of drug-likeness (QED) is 0.808. The maximum atomic E-state index is 12.4.